The average molecular weight is 214 g/mol. The monoisotopic (exact) mass is 214 g/mol. The van der Waals surface area contributed by atoms with Gasteiger partial charge in [0.25, 0.3) is 0 Å². The van der Waals surface area contributed by atoms with Crippen molar-refractivity contribution in [3.8, 4) is 0 Å². The first-order chi connectivity index (χ1) is 6.33. The Balaban J connectivity index is 2.29. The normalized spacial score (nSPS) is 10.5. The first-order valence-electron chi connectivity index (χ1n) is 3.86. The summed E-state index contributed by atoms with van der Waals surface area (Å²) in [5.74, 6) is -0.286. The molecule has 0 saturated carbocycles. The number of hydrogen-bond donors (Lipinski definition) is 0. The van der Waals surface area contributed by atoms with E-state index in [1.165, 1.54) is 22.0 Å². The van der Waals surface area contributed by atoms with Gasteiger partial charge >= 0.3 is 5.97 Å². The number of carbonyl (C=O) groups is 1. The van der Waals surface area contributed by atoms with Gasteiger partial charge in [0.1, 0.15) is 0 Å². The second kappa shape index (κ2) is 5.83. The summed E-state index contributed by atoms with van der Waals surface area (Å²) in [5, 5.41) is 3.74. The summed E-state index contributed by atoms with van der Waals surface area (Å²) in [6.45, 7) is 2.21. The van der Waals surface area contributed by atoms with Crippen LogP contribution >= 0.6 is 23.1 Å². The lowest BCUT2D eigenvalue weighted by Gasteiger charge is -1.93. The summed E-state index contributed by atoms with van der Waals surface area (Å²) in [5.41, 5.74) is 0. The quantitative estimate of drug-likeness (QED) is 0.438. The Kier molecular flexibility index (Phi) is 4.64. The number of thioether (sulfide) groups is 1. The van der Waals surface area contributed by atoms with Crippen LogP contribution in [0.1, 0.15) is 6.92 Å². The number of carbonyl (C=O) groups excluding carboxylic acids is 1. The van der Waals surface area contributed by atoms with Gasteiger partial charge in [-0.3, -0.25) is 0 Å². The lowest BCUT2D eigenvalue weighted by molar-refractivity contribution is -0.137. The molecule has 13 heavy (non-hydrogen) atoms. The highest BCUT2D eigenvalue weighted by Gasteiger charge is 1.93. The minimum atomic E-state index is -0.286. The first kappa shape index (κ1) is 10.3. The van der Waals surface area contributed by atoms with Crippen molar-refractivity contribution in [2.75, 3.05) is 6.61 Å². The summed E-state index contributed by atoms with van der Waals surface area (Å²) >= 11 is 3.17. The lowest BCUT2D eigenvalue weighted by atomic mass is 10.6. The Bertz CT molecular complexity index is 278. The second-order valence-corrected chi connectivity index (χ2v) is 4.26. The molecule has 0 N–H and O–H groups in total. The van der Waals surface area contributed by atoms with Crippen molar-refractivity contribution in [1.82, 2.24) is 0 Å². The van der Waals surface area contributed by atoms with Gasteiger partial charge in [-0.05, 0) is 23.8 Å². The Morgan fingerprint density at radius 1 is 1.77 bits per heavy atom. The molecule has 0 saturated heterocycles. The van der Waals surface area contributed by atoms with E-state index in [0.717, 1.165) is 0 Å². The third-order valence-electron chi connectivity index (χ3n) is 1.17. The van der Waals surface area contributed by atoms with Crippen molar-refractivity contribution in [2.45, 2.75) is 11.1 Å². The summed E-state index contributed by atoms with van der Waals surface area (Å²) in [6, 6.07) is 3.98. The van der Waals surface area contributed by atoms with Gasteiger partial charge in [-0.1, -0.05) is 17.8 Å². The molecule has 0 aliphatic carbocycles. The Morgan fingerprint density at radius 2 is 2.62 bits per heavy atom. The highest BCUT2D eigenvalue weighted by atomic mass is 32.2. The lowest BCUT2D eigenvalue weighted by Crippen LogP contribution is -1.98. The molecule has 0 aliphatic rings. The van der Waals surface area contributed by atoms with E-state index in [-0.39, 0.29) is 5.97 Å². The number of esters is 1. The maximum Gasteiger partial charge on any atom is 0.331 e. The maximum absolute atomic E-state index is 10.9. The van der Waals surface area contributed by atoms with Crippen LogP contribution in [0.3, 0.4) is 0 Å². The number of ether oxygens (including phenoxy) is 1. The third kappa shape index (κ3) is 4.15. The van der Waals surface area contributed by atoms with Crippen LogP contribution in [0.2, 0.25) is 0 Å². The van der Waals surface area contributed by atoms with E-state index < -0.39 is 0 Å². The minimum absolute atomic E-state index is 0.286. The number of rotatable bonds is 4. The standard InChI is InChI=1S/C9H10O2S2/c1-2-11-8(10)5-7-13-9-4-3-6-12-9/h3-7H,2H2,1H3/b7-5-. The molecular weight excluding hydrogens is 204 g/mol. The van der Waals surface area contributed by atoms with Crippen molar-refractivity contribution in [1.29, 1.82) is 0 Å². The fourth-order valence-corrected chi connectivity index (χ4v) is 2.15. The molecule has 0 unspecified atom stereocenters. The van der Waals surface area contributed by atoms with E-state index in [9.17, 15) is 4.79 Å². The van der Waals surface area contributed by atoms with Crippen LogP contribution in [-0.2, 0) is 9.53 Å². The molecule has 0 amide bonds. The van der Waals surface area contributed by atoms with Crippen molar-refractivity contribution in [2.24, 2.45) is 0 Å². The molecule has 1 aromatic rings. The van der Waals surface area contributed by atoms with Crippen LogP contribution in [0, 0.1) is 0 Å². The van der Waals surface area contributed by atoms with Gasteiger partial charge in [0.15, 0.2) is 0 Å². The highest BCUT2D eigenvalue weighted by Crippen LogP contribution is 2.23. The van der Waals surface area contributed by atoms with Crippen molar-refractivity contribution in [3.63, 3.8) is 0 Å². The largest absolute Gasteiger partial charge is 0.463 e. The van der Waals surface area contributed by atoms with Crippen molar-refractivity contribution in [3.05, 3.63) is 29.0 Å². The van der Waals surface area contributed by atoms with Crippen molar-refractivity contribution >= 4 is 29.1 Å². The fraction of sp³-hybridized carbons (Fsp3) is 0.222. The van der Waals surface area contributed by atoms with Crippen LogP contribution < -0.4 is 0 Å². The zero-order valence-electron chi connectivity index (χ0n) is 7.23. The molecule has 0 spiro atoms. The summed E-state index contributed by atoms with van der Waals surface area (Å²) in [4.78, 5) is 10.9. The molecular formula is C9H10O2S2. The average Bonchev–Trinajstić information content (AvgIpc) is 2.57. The Labute approximate surface area is 85.6 Å². The van der Waals surface area contributed by atoms with E-state index in [1.54, 1.807) is 23.7 Å². The second-order valence-electron chi connectivity index (χ2n) is 2.10. The molecule has 1 rings (SSSR count). The highest BCUT2D eigenvalue weighted by molar-refractivity contribution is 8.03. The molecule has 1 aromatic heterocycles. The molecule has 0 fully saturated rings. The van der Waals surface area contributed by atoms with Crippen molar-refractivity contribution < 1.29 is 9.53 Å². The van der Waals surface area contributed by atoms with Crippen LogP contribution in [0.25, 0.3) is 0 Å². The molecule has 0 atom stereocenters. The third-order valence-corrected chi connectivity index (χ3v) is 3.05. The number of hydrogen-bond acceptors (Lipinski definition) is 4. The number of thiophene rings is 1. The molecule has 0 aliphatic heterocycles. The predicted octanol–water partition coefficient (Wildman–Crippen LogP) is 2.92. The summed E-state index contributed by atoms with van der Waals surface area (Å²) < 4.78 is 5.89. The SMILES string of the molecule is CCOC(=O)/C=C\Sc1cccs1. The van der Waals surface area contributed by atoms with Gasteiger partial charge in [-0.25, -0.2) is 4.79 Å². The first-order valence-corrected chi connectivity index (χ1v) is 5.62. The molecule has 0 radical (unpaired) electrons. The van der Waals surface area contributed by atoms with Gasteiger partial charge in [0, 0.05) is 6.08 Å². The van der Waals surface area contributed by atoms with E-state index in [2.05, 4.69) is 0 Å². The zero-order chi connectivity index (χ0) is 9.52. The van der Waals surface area contributed by atoms with Crippen LogP contribution in [0.15, 0.2) is 33.2 Å². The zero-order valence-corrected chi connectivity index (χ0v) is 8.86. The van der Waals surface area contributed by atoms with Gasteiger partial charge in [0.05, 0.1) is 10.8 Å². The van der Waals surface area contributed by atoms with E-state index in [4.69, 9.17) is 4.74 Å². The van der Waals surface area contributed by atoms with Gasteiger partial charge in [0.2, 0.25) is 0 Å². The van der Waals surface area contributed by atoms with E-state index >= 15 is 0 Å². The van der Waals surface area contributed by atoms with Gasteiger partial charge in [-0.15, -0.1) is 11.3 Å². The molecule has 2 nitrogen and oxygen atoms in total. The maximum atomic E-state index is 10.9. The van der Waals surface area contributed by atoms with E-state index in [1.807, 2.05) is 17.5 Å². The minimum Gasteiger partial charge on any atom is -0.463 e. The van der Waals surface area contributed by atoms with Crippen LogP contribution in [0.4, 0.5) is 0 Å². The van der Waals surface area contributed by atoms with Crippen LogP contribution in [-0.4, -0.2) is 12.6 Å². The Morgan fingerprint density at radius 3 is 3.23 bits per heavy atom. The van der Waals surface area contributed by atoms with Gasteiger partial charge in [-0.2, -0.15) is 0 Å². The predicted molar refractivity (Wildman–Crippen MR) is 55.9 cm³/mol. The topological polar surface area (TPSA) is 26.3 Å². The summed E-state index contributed by atoms with van der Waals surface area (Å²) in [7, 11) is 0. The molecule has 70 valence electrons. The molecule has 1 heterocycles. The molecule has 0 bridgehead atoms. The van der Waals surface area contributed by atoms with E-state index in [0.29, 0.717) is 6.61 Å². The van der Waals surface area contributed by atoms with Gasteiger partial charge < -0.3 is 4.74 Å². The molecule has 0 aromatic carbocycles. The molecule has 4 heteroatoms. The summed E-state index contributed by atoms with van der Waals surface area (Å²) in [6.07, 6.45) is 1.44. The fourth-order valence-electron chi connectivity index (χ4n) is 0.678. The Hall–Kier alpha value is -0.740. The van der Waals surface area contributed by atoms with Crippen LogP contribution in [0.5, 0.6) is 0 Å². The smallest absolute Gasteiger partial charge is 0.331 e.